The van der Waals surface area contributed by atoms with Gasteiger partial charge < -0.3 is 10.5 Å². The lowest BCUT2D eigenvalue weighted by molar-refractivity contribution is 0.322. The summed E-state index contributed by atoms with van der Waals surface area (Å²) in [5, 5.41) is 4.64. The molecule has 9 heteroatoms. The highest BCUT2D eigenvalue weighted by Gasteiger charge is 2.22. The van der Waals surface area contributed by atoms with E-state index in [1.165, 1.54) is 25.0 Å². The summed E-state index contributed by atoms with van der Waals surface area (Å²) in [4.78, 5) is 16.3. The van der Waals surface area contributed by atoms with Crippen LogP contribution in [0.2, 0.25) is 0 Å². The van der Waals surface area contributed by atoms with Crippen LogP contribution >= 0.6 is 0 Å². The summed E-state index contributed by atoms with van der Waals surface area (Å²) in [5.74, 6) is 1.15. The van der Waals surface area contributed by atoms with E-state index in [0.29, 0.717) is 29.6 Å². The van der Waals surface area contributed by atoms with Crippen molar-refractivity contribution in [3.63, 3.8) is 0 Å². The molecule has 0 spiro atoms. The van der Waals surface area contributed by atoms with Gasteiger partial charge in [0, 0.05) is 22.9 Å². The van der Waals surface area contributed by atoms with Gasteiger partial charge >= 0.3 is 0 Å². The molecule has 4 aromatic rings. The second-order valence-corrected chi connectivity index (χ2v) is 8.00. The minimum absolute atomic E-state index is 0.224. The molecule has 8 nitrogen and oxygen atoms in total. The molecule has 2 N–H and O–H groups in total. The molecule has 4 heterocycles. The van der Waals surface area contributed by atoms with Gasteiger partial charge in [-0.25, -0.2) is 19.3 Å². The number of hydrogen-bond acceptors (Lipinski definition) is 7. The number of hydrogen-bond donors (Lipinski definition) is 1. The van der Waals surface area contributed by atoms with Crippen molar-refractivity contribution in [3.8, 4) is 28.3 Å². The fourth-order valence-electron chi connectivity index (χ4n) is 4.20. The Morgan fingerprint density at radius 1 is 1.09 bits per heavy atom. The number of nitrogens with two attached hydrogens (primary N) is 1. The van der Waals surface area contributed by atoms with E-state index in [2.05, 4.69) is 20.0 Å². The summed E-state index contributed by atoms with van der Waals surface area (Å²) in [6.07, 6.45) is 4.10. The van der Waals surface area contributed by atoms with Crippen LogP contribution in [0.15, 0.2) is 36.5 Å². The SMILES string of the molecule is COc1ncc(-c2c(-c3ccc(F)cc3)nc(N)n3nc(CN4CCCC4)nc23)cc1C. The fraction of sp³-hybridized carbons (Fsp3) is 0.304. The highest BCUT2D eigenvalue weighted by atomic mass is 19.1. The molecule has 0 amide bonds. The zero-order chi connectivity index (χ0) is 22.2. The molecule has 0 bridgehead atoms. The number of likely N-dealkylation sites (tertiary alicyclic amines) is 1. The Kier molecular flexibility index (Phi) is 5.18. The largest absolute Gasteiger partial charge is 0.481 e. The molecule has 0 atom stereocenters. The summed E-state index contributed by atoms with van der Waals surface area (Å²) in [5.41, 5.74) is 10.6. The van der Waals surface area contributed by atoms with Gasteiger partial charge in [0.15, 0.2) is 11.5 Å². The van der Waals surface area contributed by atoms with Crippen molar-refractivity contribution in [3.05, 3.63) is 53.7 Å². The van der Waals surface area contributed by atoms with E-state index in [-0.39, 0.29) is 11.8 Å². The maximum atomic E-state index is 13.6. The third-order valence-corrected chi connectivity index (χ3v) is 5.75. The van der Waals surface area contributed by atoms with Gasteiger partial charge in [0.05, 0.1) is 24.9 Å². The molecule has 0 saturated carbocycles. The normalized spacial score (nSPS) is 14.3. The predicted molar refractivity (Wildman–Crippen MR) is 120 cm³/mol. The Hall–Kier alpha value is -3.59. The van der Waals surface area contributed by atoms with E-state index >= 15 is 0 Å². The first kappa shape index (κ1) is 20.3. The van der Waals surface area contributed by atoms with Crippen molar-refractivity contribution in [1.29, 1.82) is 0 Å². The van der Waals surface area contributed by atoms with E-state index in [4.69, 9.17) is 15.5 Å². The first-order chi connectivity index (χ1) is 15.5. The summed E-state index contributed by atoms with van der Waals surface area (Å²) < 4.78 is 20.5. The minimum Gasteiger partial charge on any atom is -0.481 e. The molecular formula is C23H24FN7O. The van der Waals surface area contributed by atoms with Crippen molar-refractivity contribution in [1.82, 2.24) is 29.5 Å². The smallest absolute Gasteiger partial charge is 0.223 e. The van der Waals surface area contributed by atoms with Crippen LogP contribution in [-0.2, 0) is 6.54 Å². The number of nitrogen functional groups attached to an aromatic ring is 1. The monoisotopic (exact) mass is 433 g/mol. The number of halogens is 1. The molecule has 0 unspecified atom stereocenters. The van der Waals surface area contributed by atoms with Gasteiger partial charge in [-0.3, -0.25) is 4.90 Å². The topological polar surface area (TPSA) is 94.5 Å². The number of pyridine rings is 1. The summed E-state index contributed by atoms with van der Waals surface area (Å²) in [6.45, 7) is 4.67. The Balaban J connectivity index is 1.73. The van der Waals surface area contributed by atoms with Crippen LogP contribution in [0.3, 0.4) is 0 Å². The second kappa shape index (κ2) is 8.16. The maximum Gasteiger partial charge on any atom is 0.223 e. The number of ether oxygens (including phenoxy) is 1. The zero-order valence-electron chi connectivity index (χ0n) is 18.0. The number of nitrogens with zero attached hydrogens (tertiary/aromatic N) is 6. The molecular weight excluding hydrogens is 409 g/mol. The molecule has 1 fully saturated rings. The number of aromatic nitrogens is 5. The summed E-state index contributed by atoms with van der Waals surface area (Å²) in [7, 11) is 1.59. The average Bonchev–Trinajstić information content (AvgIpc) is 3.45. The van der Waals surface area contributed by atoms with E-state index < -0.39 is 0 Å². The van der Waals surface area contributed by atoms with Crippen LogP contribution in [0.25, 0.3) is 28.0 Å². The highest BCUT2D eigenvalue weighted by Crippen LogP contribution is 2.36. The maximum absolute atomic E-state index is 13.6. The average molecular weight is 433 g/mol. The molecule has 0 radical (unpaired) electrons. The van der Waals surface area contributed by atoms with E-state index in [0.717, 1.165) is 35.3 Å². The van der Waals surface area contributed by atoms with E-state index in [9.17, 15) is 4.39 Å². The molecule has 164 valence electrons. The van der Waals surface area contributed by atoms with Gasteiger partial charge in [-0.05, 0) is 63.2 Å². The third kappa shape index (κ3) is 3.64. The van der Waals surface area contributed by atoms with Crippen molar-refractivity contribution < 1.29 is 9.13 Å². The number of benzene rings is 1. The second-order valence-electron chi connectivity index (χ2n) is 8.00. The van der Waals surface area contributed by atoms with Crippen LogP contribution in [-0.4, -0.2) is 49.7 Å². The number of fused-ring (bicyclic) bond motifs is 1. The van der Waals surface area contributed by atoms with Crippen LogP contribution in [0.4, 0.5) is 10.3 Å². The van der Waals surface area contributed by atoms with Crippen LogP contribution in [0, 0.1) is 12.7 Å². The molecule has 1 aliphatic rings. The Bertz CT molecular complexity index is 1280. The van der Waals surface area contributed by atoms with Gasteiger partial charge in [-0.1, -0.05) is 0 Å². The third-order valence-electron chi connectivity index (χ3n) is 5.75. The van der Waals surface area contributed by atoms with Gasteiger partial charge in [0.2, 0.25) is 11.8 Å². The molecule has 1 aliphatic heterocycles. The van der Waals surface area contributed by atoms with Crippen molar-refractivity contribution in [2.45, 2.75) is 26.3 Å². The predicted octanol–water partition coefficient (Wildman–Crippen LogP) is 3.49. The molecule has 1 saturated heterocycles. The quantitative estimate of drug-likeness (QED) is 0.515. The highest BCUT2D eigenvalue weighted by molar-refractivity contribution is 5.90. The number of anilines is 1. The fourth-order valence-corrected chi connectivity index (χ4v) is 4.20. The lowest BCUT2D eigenvalue weighted by Crippen LogP contribution is -2.19. The molecule has 1 aromatic carbocycles. The standard InChI is InChI=1S/C23H24FN7O/c1-14-11-16(12-26-22(14)32-2)19-20(15-5-7-17(24)8-6-15)28-23(25)31-21(19)27-18(29-31)13-30-9-3-4-10-30/h5-8,11-12H,3-4,9-10,13H2,1-2H3,(H2,25,28). The number of methoxy groups -OCH3 is 1. The van der Waals surface area contributed by atoms with Crippen LogP contribution in [0.1, 0.15) is 24.2 Å². The van der Waals surface area contributed by atoms with Gasteiger partial charge in [0.25, 0.3) is 0 Å². The Morgan fingerprint density at radius 2 is 1.84 bits per heavy atom. The first-order valence-corrected chi connectivity index (χ1v) is 10.6. The molecule has 5 rings (SSSR count). The summed E-state index contributed by atoms with van der Waals surface area (Å²) in [6, 6.07) is 8.15. The molecule has 32 heavy (non-hydrogen) atoms. The number of aryl methyl sites for hydroxylation is 1. The lowest BCUT2D eigenvalue weighted by Gasteiger charge is -2.13. The van der Waals surface area contributed by atoms with Crippen LogP contribution < -0.4 is 10.5 Å². The lowest BCUT2D eigenvalue weighted by atomic mass is 10.0. The van der Waals surface area contributed by atoms with E-state index in [1.54, 1.807) is 30.0 Å². The molecule has 3 aromatic heterocycles. The number of rotatable bonds is 5. The minimum atomic E-state index is -0.318. The van der Waals surface area contributed by atoms with Gasteiger partial charge in [0.1, 0.15) is 5.82 Å². The zero-order valence-corrected chi connectivity index (χ0v) is 18.0. The van der Waals surface area contributed by atoms with Crippen LogP contribution in [0.5, 0.6) is 5.88 Å². The van der Waals surface area contributed by atoms with Crippen molar-refractivity contribution in [2.75, 3.05) is 25.9 Å². The Labute approximate surface area is 184 Å². The Morgan fingerprint density at radius 3 is 2.53 bits per heavy atom. The first-order valence-electron chi connectivity index (χ1n) is 10.6. The molecule has 0 aliphatic carbocycles. The van der Waals surface area contributed by atoms with Gasteiger partial charge in [-0.2, -0.15) is 4.52 Å². The van der Waals surface area contributed by atoms with Gasteiger partial charge in [-0.15, -0.1) is 5.10 Å². The summed E-state index contributed by atoms with van der Waals surface area (Å²) >= 11 is 0. The van der Waals surface area contributed by atoms with E-state index in [1.807, 2.05) is 13.0 Å². The van der Waals surface area contributed by atoms with Crippen molar-refractivity contribution in [2.24, 2.45) is 0 Å². The van der Waals surface area contributed by atoms with Crippen molar-refractivity contribution >= 4 is 11.6 Å².